The van der Waals surface area contributed by atoms with Crippen molar-refractivity contribution in [2.24, 2.45) is 5.92 Å². The maximum atomic E-state index is 13.2. The van der Waals surface area contributed by atoms with Crippen molar-refractivity contribution in [1.29, 1.82) is 0 Å². The zero-order chi connectivity index (χ0) is 26.0. The lowest BCUT2D eigenvalue weighted by molar-refractivity contribution is -0.124. The van der Waals surface area contributed by atoms with Crippen LogP contribution in [0.3, 0.4) is 0 Å². The first-order chi connectivity index (χ1) is 18.1. The molecule has 3 amide bonds. The number of carbonyl (C=O) groups excluding carboxylic acids is 2. The van der Waals surface area contributed by atoms with E-state index in [0.717, 1.165) is 25.1 Å². The number of benzene rings is 3. The number of nitrogens with one attached hydrogen (secondary N) is 2. The summed E-state index contributed by atoms with van der Waals surface area (Å²) in [5, 5.41) is 6.04. The Balaban J connectivity index is 1.38. The van der Waals surface area contributed by atoms with E-state index in [1.54, 1.807) is 0 Å². The zero-order valence-corrected chi connectivity index (χ0v) is 21.8. The van der Waals surface area contributed by atoms with Gasteiger partial charge in [-0.1, -0.05) is 111 Å². The van der Waals surface area contributed by atoms with E-state index in [4.69, 9.17) is 0 Å². The highest BCUT2D eigenvalue weighted by molar-refractivity contribution is 5.87. The molecule has 37 heavy (non-hydrogen) atoms. The van der Waals surface area contributed by atoms with Crippen molar-refractivity contribution >= 4 is 11.9 Å². The molecule has 194 valence electrons. The van der Waals surface area contributed by atoms with E-state index >= 15 is 0 Å². The first kappa shape index (κ1) is 26.4. The number of nitrogens with zero attached hydrogens (tertiary/aromatic N) is 2. The van der Waals surface area contributed by atoms with Gasteiger partial charge in [0.05, 0.1) is 6.04 Å². The van der Waals surface area contributed by atoms with Gasteiger partial charge in [0, 0.05) is 32.7 Å². The molecule has 0 aromatic heterocycles. The van der Waals surface area contributed by atoms with Gasteiger partial charge in [0.2, 0.25) is 5.91 Å². The molecule has 1 aliphatic rings. The number of piperazine rings is 1. The van der Waals surface area contributed by atoms with E-state index in [-0.39, 0.29) is 23.9 Å². The molecule has 1 heterocycles. The fourth-order valence-corrected chi connectivity index (χ4v) is 4.89. The monoisotopic (exact) mass is 498 g/mol. The van der Waals surface area contributed by atoms with E-state index in [0.29, 0.717) is 19.6 Å². The van der Waals surface area contributed by atoms with Gasteiger partial charge in [-0.05, 0) is 22.6 Å². The number of hydrogen-bond acceptors (Lipinski definition) is 3. The maximum absolute atomic E-state index is 13.2. The predicted octanol–water partition coefficient (Wildman–Crippen LogP) is 4.83. The Morgan fingerprint density at radius 2 is 1.30 bits per heavy atom. The van der Waals surface area contributed by atoms with Crippen molar-refractivity contribution in [2.45, 2.75) is 38.9 Å². The van der Waals surface area contributed by atoms with Crippen LogP contribution in [-0.2, 0) is 11.3 Å². The smallest absolute Gasteiger partial charge is 0.318 e. The van der Waals surface area contributed by atoms with Crippen molar-refractivity contribution in [3.63, 3.8) is 0 Å². The average Bonchev–Trinajstić information content (AvgIpc) is 2.96. The minimum atomic E-state index is -0.569. The third-order valence-electron chi connectivity index (χ3n) is 7.28. The SMILES string of the molecule is CC[C@H](C)[C@H](NC(=O)N1CCN(C(c2ccccc2)c2ccccc2)CC1)C(=O)NCc1ccccc1. The van der Waals surface area contributed by atoms with E-state index in [9.17, 15) is 9.59 Å². The fourth-order valence-electron chi connectivity index (χ4n) is 4.89. The summed E-state index contributed by atoms with van der Waals surface area (Å²) >= 11 is 0. The molecule has 4 rings (SSSR count). The Labute approximate surface area is 220 Å². The number of rotatable bonds is 9. The lowest BCUT2D eigenvalue weighted by atomic mass is 9.96. The first-order valence-corrected chi connectivity index (χ1v) is 13.3. The van der Waals surface area contributed by atoms with Crippen molar-refractivity contribution in [3.8, 4) is 0 Å². The first-order valence-electron chi connectivity index (χ1n) is 13.3. The standard InChI is InChI=1S/C31H38N4O2/c1-3-24(2)28(30(36)32-23-25-13-7-4-8-14-25)33-31(37)35-21-19-34(20-22-35)29(26-15-9-5-10-16-26)27-17-11-6-12-18-27/h4-18,24,28-29H,3,19-23H2,1-2H3,(H,32,36)(H,33,37)/t24-,28-/m0/s1. The topological polar surface area (TPSA) is 64.7 Å². The Hall–Kier alpha value is -3.64. The van der Waals surface area contributed by atoms with Gasteiger partial charge in [-0.15, -0.1) is 0 Å². The minimum Gasteiger partial charge on any atom is -0.350 e. The third kappa shape index (κ3) is 6.98. The lowest BCUT2D eigenvalue weighted by Gasteiger charge is -2.40. The summed E-state index contributed by atoms with van der Waals surface area (Å²) in [4.78, 5) is 30.6. The molecule has 2 N–H and O–H groups in total. The van der Waals surface area contributed by atoms with Crippen LogP contribution < -0.4 is 10.6 Å². The Morgan fingerprint density at radius 1 is 0.784 bits per heavy atom. The summed E-state index contributed by atoms with van der Waals surface area (Å²) in [5.41, 5.74) is 3.53. The highest BCUT2D eigenvalue weighted by Crippen LogP contribution is 2.29. The van der Waals surface area contributed by atoms with Gasteiger partial charge in [-0.2, -0.15) is 0 Å². The summed E-state index contributed by atoms with van der Waals surface area (Å²) < 4.78 is 0. The van der Waals surface area contributed by atoms with Gasteiger partial charge in [0.25, 0.3) is 0 Å². The number of carbonyl (C=O) groups is 2. The molecule has 3 aromatic rings. The van der Waals surface area contributed by atoms with E-state index in [1.165, 1.54) is 11.1 Å². The Morgan fingerprint density at radius 3 is 1.81 bits per heavy atom. The minimum absolute atomic E-state index is 0.0292. The second-order valence-corrected chi connectivity index (χ2v) is 9.76. The molecular weight excluding hydrogens is 460 g/mol. The largest absolute Gasteiger partial charge is 0.350 e. The number of amides is 3. The van der Waals surface area contributed by atoms with Gasteiger partial charge in [0.15, 0.2) is 0 Å². The number of hydrogen-bond donors (Lipinski definition) is 2. The van der Waals surface area contributed by atoms with Crippen LogP contribution in [0.25, 0.3) is 0 Å². The summed E-state index contributed by atoms with van der Waals surface area (Å²) in [6, 6.07) is 30.3. The fraction of sp³-hybridized carbons (Fsp3) is 0.355. The number of urea groups is 1. The van der Waals surface area contributed by atoms with Crippen molar-refractivity contribution in [3.05, 3.63) is 108 Å². The molecule has 0 radical (unpaired) electrons. The van der Waals surface area contributed by atoms with Crippen LogP contribution in [0.2, 0.25) is 0 Å². The lowest BCUT2D eigenvalue weighted by Crippen LogP contribution is -2.57. The van der Waals surface area contributed by atoms with E-state index < -0.39 is 6.04 Å². The van der Waals surface area contributed by atoms with Crippen molar-refractivity contribution in [1.82, 2.24) is 20.4 Å². The molecule has 0 saturated carbocycles. The quantitative estimate of drug-likeness (QED) is 0.444. The highest BCUT2D eigenvalue weighted by atomic mass is 16.2. The van der Waals surface area contributed by atoms with Gasteiger partial charge < -0.3 is 15.5 Å². The van der Waals surface area contributed by atoms with Crippen LogP contribution >= 0.6 is 0 Å². The van der Waals surface area contributed by atoms with Crippen LogP contribution in [0.5, 0.6) is 0 Å². The van der Waals surface area contributed by atoms with Gasteiger partial charge >= 0.3 is 6.03 Å². The second-order valence-electron chi connectivity index (χ2n) is 9.76. The molecule has 0 unspecified atom stereocenters. The summed E-state index contributed by atoms with van der Waals surface area (Å²) in [7, 11) is 0. The highest BCUT2D eigenvalue weighted by Gasteiger charge is 2.31. The molecule has 0 spiro atoms. The van der Waals surface area contributed by atoms with Crippen LogP contribution in [0.4, 0.5) is 4.79 Å². The van der Waals surface area contributed by atoms with E-state index in [2.05, 4.69) is 64.1 Å². The van der Waals surface area contributed by atoms with Gasteiger partial charge in [0.1, 0.15) is 6.04 Å². The molecule has 0 bridgehead atoms. The van der Waals surface area contributed by atoms with Crippen molar-refractivity contribution in [2.75, 3.05) is 26.2 Å². The van der Waals surface area contributed by atoms with Crippen LogP contribution in [0.1, 0.15) is 43.0 Å². The predicted molar refractivity (Wildman–Crippen MR) is 148 cm³/mol. The molecule has 0 aliphatic carbocycles. The zero-order valence-electron chi connectivity index (χ0n) is 21.8. The molecule has 2 atom stereocenters. The Bertz CT molecular complexity index is 1080. The molecule has 1 saturated heterocycles. The molecule has 1 fully saturated rings. The summed E-state index contributed by atoms with van der Waals surface area (Å²) in [6.07, 6.45) is 0.799. The van der Waals surface area contributed by atoms with Crippen molar-refractivity contribution < 1.29 is 9.59 Å². The molecule has 6 nitrogen and oxygen atoms in total. The van der Waals surface area contributed by atoms with Gasteiger partial charge in [-0.3, -0.25) is 9.69 Å². The normalized spacial score (nSPS) is 15.7. The summed E-state index contributed by atoms with van der Waals surface area (Å²) in [6.45, 7) is 7.24. The Kier molecular flexibility index (Phi) is 9.33. The maximum Gasteiger partial charge on any atom is 0.318 e. The molecule has 6 heteroatoms. The molecular formula is C31H38N4O2. The third-order valence-corrected chi connectivity index (χ3v) is 7.28. The van der Waals surface area contributed by atoms with Crippen LogP contribution in [-0.4, -0.2) is 54.0 Å². The molecule has 3 aromatic carbocycles. The van der Waals surface area contributed by atoms with Crippen LogP contribution in [0, 0.1) is 5.92 Å². The molecule has 1 aliphatic heterocycles. The average molecular weight is 499 g/mol. The second kappa shape index (κ2) is 13.1. The summed E-state index contributed by atoms with van der Waals surface area (Å²) in [5.74, 6) is -0.111. The van der Waals surface area contributed by atoms with Gasteiger partial charge in [-0.25, -0.2) is 4.79 Å². The van der Waals surface area contributed by atoms with Crippen LogP contribution in [0.15, 0.2) is 91.0 Å². The van der Waals surface area contributed by atoms with E-state index in [1.807, 2.05) is 61.2 Å².